The van der Waals surface area contributed by atoms with Crippen LogP contribution in [0.25, 0.3) is 0 Å². The Morgan fingerprint density at radius 3 is 2.35 bits per heavy atom. The predicted octanol–water partition coefficient (Wildman–Crippen LogP) is 6.67. The maximum Gasteiger partial charge on any atom is 0.307 e. The number of amides is 1. The summed E-state index contributed by atoms with van der Waals surface area (Å²) in [5.74, 6) is -1.09. The third-order valence-corrected chi connectivity index (χ3v) is 6.87. The quantitative estimate of drug-likeness (QED) is 0.364. The molecule has 3 aromatic rings. The van der Waals surface area contributed by atoms with Crippen molar-refractivity contribution in [1.29, 1.82) is 0 Å². The Bertz CT molecular complexity index is 1220. The van der Waals surface area contributed by atoms with Crippen molar-refractivity contribution in [3.63, 3.8) is 0 Å². The molecular weight excluding hydrogens is 473 g/mol. The summed E-state index contributed by atoms with van der Waals surface area (Å²) in [4.78, 5) is 24.4. The van der Waals surface area contributed by atoms with Crippen LogP contribution < -0.4 is 10.1 Å². The highest BCUT2D eigenvalue weighted by molar-refractivity contribution is 6.42. The van der Waals surface area contributed by atoms with Gasteiger partial charge in [-0.05, 0) is 72.7 Å². The number of anilines is 1. The molecule has 0 saturated heterocycles. The van der Waals surface area contributed by atoms with Gasteiger partial charge >= 0.3 is 5.97 Å². The number of carboxylic acid groups (broad SMARTS) is 1. The van der Waals surface area contributed by atoms with Gasteiger partial charge in [-0.25, -0.2) is 0 Å². The van der Waals surface area contributed by atoms with Crippen LogP contribution in [0.3, 0.4) is 0 Å². The number of benzene rings is 3. The molecule has 5 nitrogen and oxygen atoms in total. The number of hydrogen-bond acceptors (Lipinski definition) is 3. The zero-order valence-corrected chi connectivity index (χ0v) is 20.4. The first kappa shape index (κ1) is 24.1. The highest BCUT2D eigenvalue weighted by Gasteiger charge is 2.45. The number of halogens is 2. The van der Waals surface area contributed by atoms with E-state index in [2.05, 4.69) is 17.4 Å². The van der Waals surface area contributed by atoms with Gasteiger partial charge < -0.3 is 15.2 Å². The highest BCUT2D eigenvalue weighted by Crippen LogP contribution is 2.51. The summed E-state index contributed by atoms with van der Waals surface area (Å²) in [6.45, 7) is 4.28. The second-order valence-electron chi connectivity index (χ2n) is 8.62. The fourth-order valence-electron chi connectivity index (χ4n) is 4.25. The van der Waals surface area contributed by atoms with Crippen LogP contribution >= 0.6 is 23.2 Å². The number of ether oxygens (including phenoxy) is 1. The summed E-state index contributed by atoms with van der Waals surface area (Å²) in [5.41, 5.74) is 4.47. The van der Waals surface area contributed by atoms with E-state index in [0.717, 1.165) is 17.5 Å². The summed E-state index contributed by atoms with van der Waals surface area (Å²) in [7, 11) is 0. The smallest absolute Gasteiger partial charge is 0.307 e. The Morgan fingerprint density at radius 1 is 1.06 bits per heavy atom. The number of nitrogens with one attached hydrogen (secondary N) is 1. The number of carbonyl (C=O) groups excluding carboxylic acids is 1. The van der Waals surface area contributed by atoms with Crippen LogP contribution in [0.15, 0.2) is 54.6 Å². The summed E-state index contributed by atoms with van der Waals surface area (Å²) in [6.07, 6.45) is 1.30. The Balaban J connectivity index is 1.47. The predicted molar refractivity (Wildman–Crippen MR) is 134 cm³/mol. The van der Waals surface area contributed by atoms with E-state index in [4.69, 9.17) is 27.9 Å². The molecule has 1 saturated carbocycles. The summed E-state index contributed by atoms with van der Waals surface area (Å²) < 4.78 is 5.92. The Morgan fingerprint density at radius 2 is 1.74 bits per heavy atom. The Kier molecular flexibility index (Phi) is 7.15. The Hall–Kier alpha value is -3.02. The molecular formula is C27H25Cl2NO4. The molecule has 0 radical (unpaired) electrons. The summed E-state index contributed by atoms with van der Waals surface area (Å²) in [6, 6.07) is 17.1. The number of aryl methyl sites for hydroxylation is 2. The average molecular weight is 498 g/mol. The first-order chi connectivity index (χ1) is 16.2. The molecule has 2 N–H and O–H groups in total. The fourth-order valence-corrected chi connectivity index (χ4v) is 4.73. The maximum absolute atomic E-state index is 13.1. The number of hydrogen-bond donors (Lipinski definition) is 2. The van der Waals surface area contributed by atoms with Crippen molar-refractivity contribution in [3.05, 3.63) is 92.5 Å². The highest BCUT2D eigenvalue weighted by atomic mass is 35.5. The topological polar surface area (TPSA) is 75.6 Å². The third-order valence-electron chi connectivity index (χ3n) is 6.06. The van der Waals surface area contributed by atoms with Crippen molar-refractivity contribution in [3.8, 4) is 5.75 Å². The third kappa shape index (κ3) is 5.37. The lowest BCUT2D eigenvalue weighted by molar-refractivity contribution is -0.138. The van der Waals surface area contributed by atoms with Gasteiger partial charge in [0.05, 0.1) is 22.6 Å². The van der Waals surface area contributed by atoms with Gasteiger partial charge in [-0.15, -0.1) is 0 Å². The van der Waals surface area contributed by atoms with Crippen LogP contribution in [0, 0.1) is 19.8 Å². The molecule has 34 heavy (non-hydrogen) atoms. The van der Waals surface area contributed by atoms with E-state index >= 15 is 0 Å². The minimum Gasteiger partial charge on any atom is -0.493 e. The van der Waals surface area contributed by atoms with Crippen molar-refractivity contribution < 1.29 is 19.4 Å². The van der Waals surface area contributed by atoms with Gasteiger partial charge in [0.25, 0.3) is 5.91 Å². The molecule has 4 rings (SSSR count). The van der Waals surface area contributed by atoms with Crippen LogP contribution in [0.4, 0.5) is 5.69 Å². The molecule has 1 aliphatic carbocycles. The second-order valence-corrected chi connectivity index (χ2v) is 9.40. The zero-order valence-electron chi connectivity index (χ0n) is 18.9. The monoisotopic (exact) mass is 497 g/mol. The van der Waals surface area contributed by atoms with E-state index in [1.54, 1.807) is 12.1 Å². The molecule has 0 spiro atoms. The van der Waals surface area contributed by atoms with Crippen LogP contribution in [0.5, 0.6) is 5.75 Å². The molecule has 1 aliphatic rings. The molecule has 0 bridgehead atoms. The standard InChI is InChI=1S/C27H25Cl2NO4/c1-15-10-19(34-9-8-17-6-4-3-5-7-17)11-16(2)24(15)26(31)30-18-12-21(25(29)23(28)13-18)20-14-22(20)27(32)33/h3-7,10-13,20,22H,8-9,14H2,1-2H3,(H,30,31)(H,32,33)/t20-,22+/m1/s1. The van der Waals surface area contributed by atoms with E-state index in [1.165, 1.54) is 5.56 Å². The number of aliphatic carboxylic acids is 1. The minimum absolute atomic E-state index is 0.199. The van der Waals surface area contributed by atoms with Gasteiger partial charge in [0.1, 0.15) is 5.75 Å². The molecule has 1 amide bonds. The molecule has 0 aromatic heterocycles. The lowest BCUT2D eigenvalue weighted by atomic mass is 10.0. The SMILES string of the molecule is Cc1cc(OCCc2ccccc2)cc(C)c1C(=O)Nc1cc(Cl)c(Cl)c([C@H]2C[C@@H]2C(=O)O)c1. The molecule has 0 aliphatic heterocycles. The molecule has 7 heteroatoms. The summed E-state index contributed by atoms with van der Waals surface area (Å²) in [5, 5.41) is 12.7. The zero-order chi connectivity index (χ0) is 24.4. The molecule has 1 fully saturated rings. The van der Waals surface area contributed by atoms with E-state index in [-0.39, 0.29) is 16.8 Å². The first-order valence-electron chi connectivity index (χ1n) is 11.1. The number of rotatable bonds is 8. The van der Waals surface area contributed by atoms with Gasteiger partial charge in [0.2, 0.25) is 0 Å². The van der Waals surface area contributed by atoms with Crippen LogP contribution in [0.1, 0.15) is 45.0 Å². The lowest BCUT2D eigenvalue weighted by Crippen LogP contribution is -2.15. The number of carboxylic acids is 1. The second kappa shape index (κ2) is 10.1. The van der Waals surface area contributed by atoms with Gasteiger partial charge in [0, 0.05) is 17.7 Å². The van der Waals surface area contributed by atoms with Crippen molar-refractivity contribution >= 4 is 40.8 Å². The van der Waals surface area contributed by atoms with E-state index in [0.29, 0.717) is 40.6 Å². The fraction of sp³-hybridized carbons (Fsp3) is 0.259. The molecule has 2 atom stereocenters. The summed E-state index contributed by atoms with van der Waals surface area (Å²) >= 11 is 12.6. The van der Waals surface area contributed by atoms with Gasteiger partial charge in [-0.1, -0.05) is 53.5 Å². The van der Waals surface area contributed by atoms with Crippen molar-refractivity contribution in [1.82, 2.24) is 0 Å². The first-order valence-corrected chi connectivity index (χ1v) is 11.8. The van der Waals surface area contributed by atoms with E-state index < -0.39 is 11.9 Å². The van der Waals surface area contributed by atoms with Crippen molar-refractivity contribution in [2.75, 3.05) is 11.9 Å². The van der Waals surface area contributed by atoms with Crippen LogP contribution in [-0.2, 0) is 11.2 Å². The minimum atomic E-state index is -0.857. The van der Waals surface area contributed by atoms with Crippen molar-refractivity contribution in [2.45, 2.75) is 32.6 Å². The van der Waals surface area contributed by atoms with Gasteiger partial charge in [-0.3, -0.25) is 9.59 Å². The number of carbonyl (C=O) groups is 2. The maximum atomic E-state index is 13.1. The van der Waals surface area contributed by atoms with Crippen molar-refractivity contribution in [2.24, 2.45) is 5.92 Å². The van der Waals surface area contributed by atoms with E-state index in [9.17, 15) is 14.7 Å². The Labute approximate surface area is 208 Å². The molecule has 176 valence electrons. The normalized spacial score (nSPS) is 16.7. The molecule has 3 aromatic carbocycles. The molecule has 0 unspecified atom stereocenters. The largest absolute Gasteiger partial charge is 0.493 e. The van der Waals surface area contributed by atoms with Crippen LogP contribution in [-0.4, -0.2) is 23.6 Å². The van der Waals surface area contributed by atoms with Gasteiger partial charge in [-0.2, -0.15) is 0 Å². The van der Waals surface area contributed by atoms with E-state index in [1.807, 2.05) is 44.2 Å². The van der Waals surface area contributed by atoms with Gasteiger partial charge in [0.15, 0.2) is 0 Å². The average Bonchev–Trinajstić information content (AvgIpc) is 3.57. The van der Waals surface area contributed by atoms with Crippen LogP contribution in [0.2, 0.25) is 10.0 Å². The lowest BCUT2D eigenvalue weighted by Gasteiger charge is -2.15. The molecule has 0 heterocycles.